The topological polar surface area (TPSA) is 45.6 Å². The average Bonchev–Trinajstić information content (AvgIpc) is 3.16. The summed E-state index contributed by atoms with van der Waals surface area (Å²) in [6.45, 7) is 2.77. The first kappa shape index (κ1) is 18.1. The summed E-state index contributed by atoms with van der Waals surface area (Å²) in [4.78, 5) is 6.83. The van der Waals surface area contributed by atoms with E-state index >= 15 is 0 Å². The number of methoxy groups -OCH3 is 1. The second-order valence-corrected chi connectivity index (χ2v) is 8.87. The molecule has 2 atom stereocenters. The fraction of sp³-hybridized carbons (Fsp3) is 0.542. The van der Waals surface area contributed by atoms with E-state index in [9.17, 15) is 5.11 Å². The number of aliphatic hydroxyl groups is 1. The fourth-order valence-corrected chi connectivity index (χ4v) is 5.95. The minimum Gasteiger partial charge on any atom is -0.496 e. The van der Waals surface area contributed by atoms with E-state index in [2.05, 4.69) is 28.1 Å². The largest absolute Gasteiger partial charge is 0.496 e. The lowest BCUT2D eigenvalue weighted by Crippen LogP contribution is -2.57. The van der Waals surface area contributed by atoms with Crippen molar-refractivity contribution < 1.29 is 9.84 Å². The third-order valence-corrected chi connectivity index (χ3v) is 7.32. The maximum Gasteiger partial charge on any atom is 0.123 e. The van der Waals surface area contributed by atoms with Crippen LogP contribution < -0.4 is 4.74 Å². The van der Waals surface area contributed by atoms with Gasteiger partial charge in [-0.2, -0.15) is 0 Å². The first-order valence-electron chi connectivity index (χ1n) is 10.7. The number of rotatable bonds is 4. The van der Waals surface area contributed by atoms with E-state index in [1.807, 2.05) is 12.3 Å². The summed E-state index contributed by atoms with van der Waals surface area (Å²) in [7, 11) is 1.78. The van der Waals surface area contributed by atoms with Gasteiger partial charge in [0.05, 0.1) is 12.7 Å². The highest BCUT2D eigenvalue weighted by molar-refractivity contribution is 5.45. The van der Waals surface area contributed by atoms with E-state index in [0.29, 0.717) is 0 Å². The van der Waals surface area contributed by atoms with Crippen molar-refractivity contribution in [3.63, 3.8) is 0 Å². The number of ether oxygens (including phenoxy) is 1. The van der Waals surface area contributed by atoms with Crippen molar-refractivity contribution in [3.05, 3.63) is 58.9 Å². The zero-order chi connectivity index (χ0) is 19.1. The van der Waals surface area contributed by atoms with Crippen LogP contribution in [0.3, 0.4) is 0 Å². The van der Waals surface area contributed by atoms with E-state index in [0.717, 1.165) is 43.8 Å². The molecule has 1 aromatic heterocycles. The van der Waals surface area contributed by atoms with Crippen LogP contribution in [-0.4, -0.2) is 35.2 Å². The minimum absolute atomic E-state index is 0.268. The van der Waals surface area contributed by atoms with Crippen molar-refractivity contribution in [1.82, 2.24) is 9.88 Å². The number of hydrogen-bond acceptors (Lipinski definition) is 4. The highest BCUT2D eigenvalue weighted by Crippen LogP contribution is 2.49. The number of likely N-dealkylation sites (tertiary alicyclic amines) is 1. The smallest absolute Gasteiger partial charge is 0.123 e. The molecule has 1 saturated carbocycles. The summed E-state index contributed by atoms with van der Waals surface area (Å²) >= 11 is 0. The Morgan fingerprint density at radius 2 is 1.89 bits per heavy atom. The molecule has 28 heavy (non-hydrogen) atoms. The highest BCUT2D eigenvalue weighted by Gasteiger charge is 2.51. The zero-order valence-corrected chi connectivity index (χ0v) is 16.7. The Labute approximate surface area is 167 Å². The number of pyridine rings is 1. The van der Waals surface area contributed by atoms with Crippen LogP contribution in [0.2, 0.25) is 0 Å². The van der Waals surface area contributed by atoms with E-state index < -0.39 is 5.60 Å². The van der Waals surface area contributed by atoms with Gasteiger partial charge in [0.25, 0.3) is 0 Å². The summed E-state index contributed by atoms with van der Waals surface area (Å²) in [5.74, 6) is 1.56. The first-order chi connectivity index (χ1) is 13.7. The summed E-state index contributed by atoms with van der Waals surface area (Å²) in [6.07, 6.45) is 10.7. The average molecular weight is 379 g/mol. The number of fused-ring (bicyclic) bond motifs is 3. The number of piperidine rings is 1. The van der Waals surface area contributed by atoms with Crippen molar-refractivity contribution >= 4 is 0 Å². The Balaban J connectivity index is 1.40. The third kappa shape index (κ3) is 2.94. The van der Waals surface area contributed by atoms with Crippen LogP contribution in [0, 0.1) is 11.8 Å². The van der Waals surface area contributed by atoms with Crippen molar-refractivity contribution in [2.75, 3.05) is 20.2 Å². The van der Waals surface area contributed by atoms with Gasteiger partial charge in [-0.15, -0.1) is 0 Å². The monoisotopic (exact) mass is 378 g/mol. The molecule has 2 fully saturated rings. The number of nitrogens with zero attached hydrogens (tertiary/aromatic N) is 2. The van der Waals surface area contributed by atoms with Gasteiger partial charge < -0.3 is 9.84 Å². The lowest BCUT2D eigenvalue weighted by Gasteiger charge is -2.53. The van der Waals surface area contributed by atoms with Crippen molar-refractivity contribution in [3.8, 4) is 5.75 Å². The number of benzene rings is 1. The van der Waals surface area contributed by atoms with Crippen LogP contribution in [0.25, 0.3) is 0 Å². The van der Waals surface area contributed by atoms with E-state index in [-0.39, 0.29) is 11.8 Å². The lowest BCUT2D eigenvalue weighted by atomic mass is 9.63. The molecule has 2 unspecified atom stereocenters. The standard InChI is InChI=1S/C24H30N2O2/c1-28-23-12-18-6-2-5-17(18)11-19(23)14-26-15-21-7-3-8-22(16-26)24(21,27)20-9-4-10-25-13-20/h4,9-13,21-22,27H,2-3,5-8,14-16H2,1H3. The number of hydrogen-bond donors (Lipinski definition) is 1. The van der Waals surface area contributed by atoms with Crippen LogP contribution >= 0.6 is 0 Å². The molecule has 1 aromatic carbocycles. The van der Waals surface area contributed by atoms with Gasteiger partial charge in [0.2, 0.25) is 0 Å². The van der Waals surface area contributed by atoms with E-state index in [1.165, 1.54) is 42.4 Å². The second kappa shape index (κ2) is 7.16. The predicted molar refractivity (Wildman–Crippen MR) is 109 cm³/mol. The summed E-state index contributed by atoms with van der Waals surface area (Å²) < 4.78 is 5.73. The molecule has 3 aliphatic rings. The Kier molecular flexibility index (Phi) is 4.64. The molecule has 0 spiro atoms. The molecular formula is C24H30N2O2. The van der Waals surface area contributed by atoms with Crippen LogP contribution in [0.5, 0.6) is 5.75 Å². The Hall–Kier alpha value is -1.91. The number of aryl methyl sites for hydroxylation is 2. The Morgan fingerprint density at radius 1 is 1.14 bits per heavy atom. The molecule has 0 radical (unpaired) electrons. The van der Waals surface area contributed by atoms with Gasteiger partial charge in [-0.1, -0.05) is 18.6 Å². The highest BCUT2D eigenvalue weighted by atomic mass is 16.5. The molecule has 2 heterocycles. The van der Waals surface area contributed by atoms with Gasteiger partial charge in [-0.25, -0.2) is 0 Å². The number of aromatic nitrogens is 1. The van der Waals surface area contributed by atoms with Crippen LogP contribution in [-0.2, 0) is 25.0 Å². The molecule has 4 nitrogen and oxygen atoms in total. The molecule has 0 amide bonds. The van der Waals surface area contributed by atoms with Crippen molar-refractivity contribution in [1.29, 1.82) is 0 Å². The molecule has 1 aliphatic heterocycles. The van der Waals surface area contributed by atoms with Crippen LogP contribution in [0.1, 0.15) is 47.9 Å². The van der Waals surface area contributed by atoms with Gasteiger partial charge in [-0.3, -0.25) is 9.88 Å². The molecule has 2 aromatic rings. The van der Waals surface area contributed by atoms with Crippen molar-refractivity contribution in [2.24, 2.45) is 11.8 Å². The van der Waals surface area contributed by atoms with Gasteiger partial charge >= 0.3 is 0 Å². The van der Waals surface area contributed by atoms with Gasteiger partial charge in [0.15, 0.2) is 0 Å². The molecule has 1 N–H and O–H groups in total. The van der Waals surface area contributed by atoms with Gasteiger partial charge in [-0.05, 0) is 55.4 Å². The third-order valence-electron chi connectivity index (χ3n) is 7.32. The predicted octanol–water partition coefficient (Wildman–Crippen LogP) is 3.70. The fourth-order valence-electron chi connectivity index (χ4n) is 5.95. The van der Waals surface area contributed by atoms with E-state index in [1.54, 1.807) is 13.3 Å². The summed E-state index contributed by atoms with van der Waals surface area (Å²) in [5.41, 5.74) is 4.53. The molecule has 1 saturated heterocycles. The molecular weight excluding hydrogens is 348 g/mol. The summed E-state index contributed by atoms with van der Waals surface area (Å²) in [5, 5.41) is 11.7. The SMILES string of the molecule is COc1cc2c(cc1CN1CC3CCCC(C1)C3(O)c1cccnc1)CCC2. The summed E-state index contributed by atoms with van der Waals surface area (Å²) in [6, 6.07) is 8.63. The Bertz CT molecular complexity index is 837. The molecule has 2 bridgehead atoms. The first-order valence-corrected chi connectivity index (χ1v) is 10.7. The van der Waals surface area contributed by atoms with E-state index in [4.69, 9.17) is 4.74 Å². The minimum atomic E-state index is -0.731. The molecule has 4 heteroatoms. The zero-order valence-electron chi connectivity index (χ0n) is 16.7. The van der Waals surface area contributed by atoms with Crippen LogP contribution in [0.15, 0.2) is 36.7 Å². The molecule has 5 rings (SSSR count). The Morgan fingerprint density at radius 3 is 2.57 bits per heavy atom. The van der Waals surface area contributed by atoms with Crippen LogP contribution in [0.4, 0.5) is 0 Å². The second-order valence-electron chi connectivity index (χ2n) is 8.87. The quantitative estimate of drug-likeness (QED) is 0.881. The lowest BCUT2D eigenvalue weighted by molar-refractivity contribution is -0.148. The molecule has 148 valence electrons. The van der Waals surface area contributed by atoms with Crippen molar-refractivity contribution in [2.45, 2.75) is 50.7 Å². The maximum atomic E-state index is 11.7. The van der Waals surface area contributed by atoms with Gasteiger partial charge in [0, 0.05) is 55.0 Å². The molecule has 2 aliphatic carbocycles. The maximum absolute atomic E-state index is 11.7. The van der Waals surface area contributed by atoms with Gasteiger partial charge in [0.1, 0.15) is 5.75 Å². The normalized spacial score (nSPS) is 29.5.